The Balaban J connectivity index is 1.86. The van der Waals surface area contributed by atoms with Crippen molar-refractivity contribution in [3.8, 4) is 6.07 Å². The minimum Gasteiger partial charge on any atom is -0.467 e. The number of nitrogens with one attached hydrogen (secondary N) is 1. The first-order chi connectivity index (χ1) is 11.3. The Morgan fingerprint density at radius 1 is 1.00 bits per heavy atom. The highest BCUT2D eigenvalue weighted by atomic mass is 16.3. The average molecular weight is 302 g/mol. The molecule has 112 valence electrons. The van der Waals surface area contributed by atoms with E-state index in [0.29, 0.717) is 16.9 Å². The molecule has 0 aliphatic heterocycles. The Labute approximate surface area is 134 Å². The van der Waals surface area contributed by atoms with E-state index in [4.69, 9.17) is 9.68 Å². The Morgan fingerprint density at radius 2 is 1.74 bits per heavy atom. The van der Waals surface area contributed by atoms with Gasteiger partial charge in [-0.2, -0.15) is 5.26 Å². The van der Waals surface area contributed by atoms with Crippen LogP contribution in [0.1, 0.15) is 33.3 Å². The Hall–Kier alpha value is -3.32. The van der Waals surface area contributed by atoms with Crippen molar-refractivity contribution in [1.29, 1.82) is 5.26 Å². The van der Waals surface area contributed by atoms with E-state index in [9.17, 15) is 4.79 Å². The Kier molecular flexibility index (Phi) is 4.21. The standard InChI is InChI=1S/C19H14N2O2/c20-13-14-8-10-16(11-9-14)19(22)21-18(17-7-4-12-23-17)15-5-2-1-3-6-15/h1-12,18H,(H,21,22). The van der Waals surface area contributed by atoms with Crippen LogP contribution in [-0.2, 0) is 0 Å². The summed E-state index contributed by atoms with van der Waals surface area (Å²) in [5, 5.41) is 11.8. The maximum atomic E-state index is 12.5. The number of furan rings is 1. The average Bonchev–Trinajstić information content (AvgIpc) is 3.14. The van der Waals surface area contributed by atoms with Crippen LogP contribution >= 0.6 is 0 Å². The predicted molar refractivity (Wildman–Crippen MR) is 85.6 cm³/mol. The number of nitriles is 1. The van der Waals surface area contributed by atoms with Crippen LogP contribution in [0, 0.1) is 11.3 Å². The molecule has 0 fully saturated rings. The van der Waals surface area contributed by atoms with E-state index >= 15 is 0 Å². The minimum atomic E-state index is -0.366. The van der Waals surface area contributed by atoms with E-state index in [1.807, 2.05) is 42.5 Å². The molecule has 1 N–H and O–H groups in total. The van der Waals surface area contributed by atoms with Crippen LogP contribution in [-0.4, -0.2) is 5.91 Å². The summed E-state index contributed by atoms with van der Waals surface area (Å²) in [5.74, 6) is 0.443. The molecule has 1 aromatic heterocycles. The van der Waals surface area contributed by atoms with Crippen molar-refractivity contribution in [2.75, 3.05) is 0 Å². The van der Waals surface area contributed by atoms with E-state index in [-0.39, 0.29) is 11.9 Å². The zero-order valence-corrected chi connectivity index (χ0v) is 12.3. The number of carbonyl (C=O) groups is 1. The second-order valence-corrected chi connectivity index (χ2v) is 5.02. The van der Waals surface area contributed by atoms with Crippen LogP contribution in [0.5, 0.6) is 0 Å². The zero-order chi connectivity index (χ0) is 16.1. The molecule has 1 atom stereocenters. The first kappa shape index (κ1) is 14.6. The van der Waals surface area contributed by atoms with Crippen molar-refractivity contribution in [3.05, 3.63) is 95.4 Å². The van der Waals surface area contributed by atoms with Crippen molar-refractivity contribution in [1.82, 2.24) is 5.32 Å². The van der Waals surface area contributed by atoms with Gasteiger partial charge in [0.05, 0.1) is 17.9 Å². The molecule has 0 aliphatic rings. The number of amides is 1. The van der Waals surface area contributed by atoms with Crippen LogP contribution in [0.25, 0.3) is 0 Å². The fourth-order valence-electron chi connectivity index (χ4n) is 2.33. The maximum absolute atomic E-state index is 12.5. The summed E-state index contributed by atoms with van der Waals surface area (Å²) in [4.78, 5) is 12.5. The molecule has 0 saturated carbocycles. The van der Waals surface area contributed by atoms with Gasteiger partial charge >= 0.3 is 0 Å². The molecule has 3 rings (SSSR count). The highest BCUT2D eigenvalue weighted by molar-refractivity contribution is 5.94. The topological polar surface area (TPSA) is 66.0 Å². The Morgan fingerprint density at radius 3 is 2.35 bits per heavy atom. The van der Waals surface area contributed by atoms with Gasteiger partial charge in [0.2, 0.25) is 0 Å². The van der Waals surface area contributed by atoms with Crippen molar-refractivity contribution in [3.63, 3.8) is 0 Å². The predicted octanol–water partition coefficient (Wildman–Crippen LogP) is 3.67. The van der Waals surface area contributed by atoms with Crippen molar-refractivity contribution in [2.24, 2.45) is 0 Å². The van der Waals surface area contributed by atoms with Gasteiger partial charge in [0, 0.05) is 5.56 Å². The van der Waals surface area contributed by atoms with Crippen molar-refractivity contribution >= 4 is 5.91 Å². The van der Waals surface area contributed by atoms with E-state index in [1.54, 1.807) is 36.6 Å². The molecule has 0 saturated heterocycles. The van der Waals surface area contributed by atoms with Gasteiger partial charge in [-0.3, -0.25) is 4.79 Å². The summed E-state index contributed by atoms with van der Waals surface area (Å²) in [6, 6.07) is 21.4. The fraction of sp³-hybridized carbons (Fsp3) is 0.0526. The fourth-order valence-corrected chi connectivity index (χ4v) is 2.33. The molecule has 0 radical (unpaired) electrons. The van der Waals surface area contributed by atoms with Gasteiger partial charge in [-0.1, -0.05) is 30.3 Å². The minimum absolute atomic E-state index is 0.222. The molecule has 1 heterocycles. The van der Waals surface area contributed by atoms with Gasteiger partial charge in [0.1, 0.15) is 11.8 Å². The molecule has 1 unspecified atom stereocenters. The molecular formula is C19H14N2O2. The molecule has 0 aliphatic carbocycles. The van der Waals surface area contributed by atoms with E-state index in [1.165, 1.54) is 0 Å². The van der Waals surface area contributed by atoms with Gasteiger partial charge in [0.15, 0.2) is 0 Å². The van der Waals surface area contributed by atoms with Gasteiger partial charge < -0.3 is 9.73 Å². The first-order valence-electron chi connectivity index (χ1n) is 7.17. The summed E-state index contributed by atoms with van der Waals surface area (Å²) in [7, 11) is 0. The largest absolute Gasteiger partial charge is 0.467 e. The summed E-state index contributed by atoms with van der Waals surface area (Å²) in [6.07, 6.45) is 1.58. The third-order valence-electron chi connectivity index (χ3n) is 3.51. The third kappa shape index (κ3) is 3.30. The van der Waals surface area contributed by atoms with Gasteiger partial charge in [-0.15, -0.1) is 0 Å². The smallest absolute Gasteiger partial charge is 0.252 e. The van der Waals surface area contributed by atoms with E-state index in [0.717, 1.165) is 5.56 Å². The van der Waals surface area contributed by atoms with E-state index in [2.05, 4.69) is 5.32 Å². The molecule has 2 aromatic carbocycles. The molecule has 1 amide bonds. The van der Waals surface area contributed by atoms with Crippen LogP contribution < -0.4 is 5.32 Å². The first-order valence-corrected chi connectivity index (χ1v) is 7.17. The number of nitrogens with zero attached hydrogens (tertiary/aromatic N) is 1. The van der Waals surface area contributed by atoms with Crippen LogP contribution in [0.2, 0.25) is 0 Å². The Bertz CT molecular complexity index is 816. The molecular weight excluding hydrogens is 288 g/mol. The molecule has 0 spiro atoms. The van der Waals surface area contributed by atoms with Crippen LogP contribution in [0.3, 0.4) is 0 Å². The lowest BCUT2D eigenvalue weighted by Gasteiger charge is -2.17. The van der Waals surface area contributed by atoms with Gasteiger partial charge in [-0.05, 0) is 42.0 Å². The monoisotopic (exact) mass is 302 g/mol. The highest BCUT2D eigenvalue weighted by Crippen LogP contribution is 2.22. The molecule has 3 aromatic rings. The summed E-state index contributed by atoms with van der Waals surface area (Å²) in [6.45, 7) is 0. The van der Waals surface area contributed by atoms with Crippen molar-refractivity contribution in [2.45, 2.75) is 6.04 Å². The lowest BCUT2D eigenvalue weighted by Crippen LogP contribution is -2.29. The second-order valence-electron chi connectivity index (χ2n) is 5.02. The van der Waals surface area contributed by atoms with Crippen LogP contribution in [0.15, 0.2) is 77.4 Å². The zero-order valence-electron chi connectivity index (χ0n) is 12.3. The number of hydrogen-bond donors (Lipinski definition) is 1. The molecule has 4 heteroatoms. The summed E-state index contributed by atoms with van der Waals surface area (Å²) in [5.41, 5.74) is 1.95. The lowest BCUT2D eigenvalue weighted by atomic mass is 10.0. The summed E-state index contributed by atoms with van der Waals surface area (Å²) >= 11 is 0. The number of rotatable bonds is 4. The van der Waals surface area contributed by atoms with Crippen LogP contribution in [0.4, 0.5) is 0 Å². The highest BCUT2D eigenvalue weighted by Gasteiger charge is 2.19. The second kappa shape index (κ2) is 6.63. The maximum Gasteiger partial charge on any atom is 0.252 e. The van der Waals surface area contributed by atoms with Gasteiger partial charge in [0.25, 0.3) is 5.91 Å². The molecule has 0 bridgehead atoms. The van der Waals surface area contributed by atoms with Crippen molar-refractivity contribution < 1.29 is 9.21 Å². The normalized spacial score (nSPS) is 11.4. The van der Waals surface area contributed by atoms with Gasteiger partial charge in [-0.25, -0.2) is 0 Å². The number of benzene rings is 2. The quantitative estimate of drug-likeness (QED) is 0.799. The third-order valence-corrected chi connectivity index (χ3v) is 3.51. The molecule has 4 nitrogen and oxygen atoms in total. The molecule has 23 heavy (non-hydrogen) atoms. The lowest BCUT2D eigenvalue weighted by molar-refractivity contribution is 0.0939. The number of hydrogen-bond acceptors (Lipinski definition) is 3. The number of carbonyl (C=O) groups excluding carboxylic acids is 1. The van der Waals surface area contributed by atoms with E-state index < -0.39 is 0 Å². The SMILES string of the molecule is N#Cc1ccc(C(=O)NC(c2ccccc2)c2ccco2)cc1. The summed E-state index contributed by atoms with van der Waals surface area (Å²) < 4.78 is 5.47.